The van der Waals surface area contributed by atoms with Gasteiger partial charge >= 0.3 is 0 Å². The quantitative estimate of drug-likeness (QED) is 0.123. The standard InChI is InChI=1S/C62H48Si/c1-61(2)53-21-13-11-17-43(53)45-28-26-41(32-55(45)61)59-48-19-9-10-20-49(48)60(42-27-29-46-44-18-12-14-22-54(44)62(3,4)56(46)33-42)52-36-58-50(35-51(52)59)47-30-25-40(34-57(47)63(58,5)6)39-24-23-37-15-7-8-16-38(37)31-39/h7-36H,1-6H3. The molecule has 300 valence electrons. The molecule has 0 saturated carbocycles. The van der Waals surface area contributed by atoms with E-state index in [1.54, 1.807) is 0 Å². The van der Waals surface area contributed by atoms with Crippen LogP contribution >= 0.6 is 0 Å². The Balaban J connectivity index is 1.09. The minimum Gasteiger partial charge on any atom is -0.0619 e. The van der Waals surface area contributed by atoms with E-state index in [1.807, 2.05) is 0 Å². The first-order valence-electron chi connectivity index (χ1n) is 22.7. The van der Waals surface area contributed by atoms with Gasteiger partial charge in [0.25, 0.3) is 0 Å². The Hall–Kier alpha value is -6.80. The molecule has 0 radical (unpaired) electrons. The molecule has 0 amide bonds. The van der Waals surface area contributed by atoms with E-state index in [4.69, 9.17) is 0 Å². The molecule has 0 spiro atoms. The molecule has 0 unspecified atom stereocenters. The number of hydrogen-bond acceptors (Lipinski definition) is 0. The molecule has 63 heavy (non-hydrogen) atoms. The smallest absolute Gasteiger partial charge is 0.0619 e. The zero-order valence-corrected chi connectivity index (χ0v) is 37.8. The number of benzene rings is 10. The molecule has 0 nitrogen and oxygen atoms in total. The molecule has 0 aromatic heterocycles. The Labute approximate surface area is 371 Å². The normalized spacial score (nSPS) is 15.5. The Morgan fingerprint density at radius 2 is 0.746 bits per heavy atom. The van der Waals surface area contributed by atoms with Gasteiger partial charge in [0.15, 0.2) is 0 Å². The first kappa shape index (κ1) is 36.8. The van der Waals surface area contributed by atoms with Crippen molar-refractivity contribution < 1.29 is 0 Å². The largest absolute Gasteiger partial charge is 0.113 e. The van der Waals surface area contributed by atoms with Crippen molar-refractivity contribution >= 4 is 50.8 Å². The number of hydrogen-bond donors (Lipinski definition) is 0. The van der Waals surface area contributed by atoms with Gasteiger partial charge < -0.3 is 0 Å². The molecule has 1 heterocycles. The van der Waals surface area contributed by atoms with Crippen LogP contribution in [-0.4, -0.2) is 8.07 Å². The summed E-state index contributed by atoms with van der Waals surface area (Å²) in [6, 6.07) is 70.2. The zero-order chi connectivity index (χ0) is 42.6. The fraction of sp³-hybridized carbons (Fsp3) is 0.129. The van der Waals surface area contributed by atoms with Crippen LogP contribution in [0.4, 0.5) is 0 Å². The molecule has 0 N–H and O–H groups in total. The molecule has 1 aliphatic heterocycles. The first-order chi connectivity index (χ1) is 30.5. The summed E-state index contributed by atoms with van der Waals surface area (Å²) in [7, 11) is -2.16. The van der Waals surface area contributed by atoms with Crippen molar-refractivity contribution in [3.8, 4) is 66.8 Å². The van der Waals surface area contributed by atoms with E-state index in [2.05, 4.69) is 223 Å². The molecular formula is C62H48Si. The van der Waals surface area contributed by atoms with Crippen LogP contribution in [0.25, 0.3) is 99.1 Å². The summed E-state index contributed by atoms with van der Waals surface area (Å²) >= 11 is 0. The minimum atomic E-state index is -2.16. The van der Waals surface area contributed by atoms with Crippen LogP contribution in [0.3, 0.4) is 0 Å². The van der Waals surface area contributed by atoms with Gasteiger partial charge in [-0.2, -0.15) is 0 Å². The lowest BCUT2D eigenvalue weighted by Gasteiger charge is -2.25. The van der Waals surface area contributed by atoms with Gasteiger partial charge in [0, 0.05) is 10.8 Å². The second-order valence-corrected chi connectivity index (χ2v) is 24.4. The Bertz CT molecular complexity index is 3650. The third-order valence-corrected chi connectivity index (χ3v) is 19.2. The predicted molar refractivity (Wildman–Crippen MR) is 273 cm³/mol. The van der Waals surface area contributed by atoms with Crippen LogP contribution in [0.1, 0.15) is 49.9 Å². The fourth-order valence-corrected chi connectivity index (χ4v) is 15.4. The van der Waals surface area contributed by atoms with Gasteiger partial charge in [0.2, 0.25) is 0 Å². The highest BCUT2D eigenvalue weighted by molar-refractivity contribution is 7.04. The van der Waals surface area contributed by atoms with Crippen LogP contribution < -0.4 is 10.4 Å². The van der Waals surface area contributed by atoms with Crippen LogP contribution in [0.5, 0.6) is 0 Å². The van der Waals surface area contributed by atoms with Crippen molar-refractivity contribution in [1.29, 1.82) is 0 Å². The summed E-state index contributed by atoms with van der Waals surface area (Å²) in [5, 5.41) is 10.9. The maximum atomic E-state index is 2.65. The molecule has 0 fully saturated rings. The van der Waals surface area contributed by atoms with Gasteiger partial charge in [0.1, 0.15) is 8.07 Å². The third-order valence-electron chi connectivity index (χ3n) is 15.6. The summed E-state index contributed by atoms with van der Waals surface area (Å²) in [4.78, 5) is 0. The number of rotatable bonds is 3. The average molecular weight is 821 g/mol. The van der Waals surface area contributed by atoms with E-state index in [9.17, 15) is 0 Å². The van der Waals surface area contributed by atoms with Gasteiger partial charge in [-0.15, -0.1) is 0 Å². The average Bonchev–Trinajstić information content (AvgIpc) is 3.78. The van der Waals surface area contributed by atoms with E-state index < -0.39 is 8.07 Å². The van der Waals surface area contributed by atoms with E-state index in [1.165, 1.54) is 132 Å². The number of fused-ring (bicyclic) bond motifs is 12. The molecule has 10 aromatic carbocycles. The second-order valence-electron chi connectivity index (χ2n) is 20.0. The van der Waals surface area contributed by atoms with Crippen molar-refractivity contribution in [1.82, 2.24) is 0 Å². The Morgan fingerprint density at radius 1 is 0.302 bits per heavy atom. The SMILES string of the molecule is CC1(C)c2ccccc2-c2ccc(-c3c4ccccc4c(-c4ccc5c(c4)C(C)(C)c4ccccc4-5)c4cc5c(cc34)-c3ccc(-c4ccc6ccccc6c4)cc3[Si]5(C)C)cc21. The van der Waals surface area contributed by atoms with Gasteiger partial charge in [-0.1, -0.05) is 199 Å². The summed E-state index contributed by atoms with van der Waals surface area (Å²) < 4.78 is 0. The van der Waals surface area contributed by atoms with Gasteiger partial charge in [-0.25, -0.2) is 0 Å². The Morgan fingerprint density at radius 3 is 1.37 bits per heavy atom. The van der Waals surface area contributed by atoms with Gasteiger partial charge in [-0.05, 0) is 156 Å². The van der Waals surface area contributed by atoms with Crippen molar-refractivity contribution in [3.63, 3.8) is 0 Å². The van der Waals surface area contributed by atoms with Crippen molar-refractivity contribution in [2.75, 3.05) is 0 Å². The highest BCUT2D eigenvalue weighted by atomic mass is 28.3. The molecule has 1 heteroatoms. The van der Waals surface area contributed by atoms with Crippen LogP contribution in [-0.2, 0) is 10.8 Å². The second kappa shape index (κ2) is 12.7. The minimum absolute atomic E-state index is 0.0944. The zero-order valence-electron chi connectivity index (χ0n) is 36.8. The molecule has 0 atom stereocenters. The molecule has 10 aromatic rings. The highest BCUT2D eigenvalue weighted by Crippen LogP contribution is 2.54. The van der Waals surface area contributed by atoms with Crippen LogP contribution in [0.15, 0.2) is 182 Å². The van der Waals surface area contributed by atoms with Crippen molar-refractivity contribution in [2.24, 2.45) is 0 Å². The lowest BCUT2D eigenvalue weighted by molar-refractivity contribution is 0.660. The van der Waals surface area contributed by atoms with E-state index in [-0.39, 0.29) is 10.8 Å². The molecule has 2 aliphatic carbocycles. The first-order valence-corrected chi connectivity index (χ1v) is 25.7. The van der Waals surface area contributed by atoms with Gasteiger partial charge in [-0.3, -0.25) is 0 Å². The van der Waals surface area contributed by atoms with Crippen molar-refractivity contribution in [3.05, 3.63) is 204 Å². The third kappa shape index (κ3) is 4.97. The topological polar surface area (TPSA) is 0 Å². The van der Waals surface area contributed by atoms with Crippen LogP contribution in [0, 0.1) is 0 Å². The molecule has 0 bridgehead atoms. The molecule has 0 saturated heterocycles. The fourth-order valence-electron chi connectivity index (χ4n) is 12.3. The monoisotopic (exact) mass is 820 g/mol. The Kier molecular flexibility index (Phi) is 7.39. The van der Waals surface area contributed by atoms with E-state index >= 15 is 0 Å². The maximum absolute atomic E-state index is 2.65. The predicted octanol–water partition coefficient (Wildman–Crippen LogP) is 15.6. The lowest BCUT2D eigenvalue weighted by atomic mass is 9.79. The van der Waals surface area contributed by atoms with Gasteiger partial charge in [0.05, 0.1) is 0 Å². The van der Waals surface area contributed by atoms with E-state index in [0.29, 0.717) is 0 Å². The molecular weight excluding hydrogens is 773 g/mol. The summed E-state index contributed by atoms with van der Waals surface area (Å²) in [6.07, 6.45) is 0. The van der Waals surface area contributed by atoms with Crippen molar-refractivity contribution in [2.45, 2.75) is 51.6 Å². The summed E-state index contributed by atoms with van der Waals surface area (Å²) in [5.74, 6) is 0. The van der Waals surface area contributed by atoms with Crippen LogP contribution in [0.2, 0.25) is 13.1 Å². The van der Waals surface area contributed by atoms with E-state index in [0.717, 1.165) is 0 Å². The summed E-state index contributed by atoms with van der Waals surface area (Å²) in [5.41, 5.74) is 21.5. The molecule has 13 rings (SSSR count). The lowest BCUT2D eigenvalue weighted by Crippen LogP contribution is -2.49. The highest BCUT2D eigenvalue weighted by Gasteiger charge is 2.40. The molecule has 3 aliphatic rings. The maximum Gasteiger partial charge on any atom is 0.113 e. The summed E-state index contributed by atoms with van der Waals surface area (Å²) in [6.45, 7) is 14.8.